The third kappa shape index (κ3) is 4.00. The molecule has 0 N–H and O–H groups in total. The Balaban J connectivity index is 2.20. The van der Waals surface area contributed by atoms with E-state index in [0.717, 1.165) is 6.07 Å². The molecule has 0 aliphatic heterocycles. The summed E-state index contributed by atoms with van der Waals surface area (Å²) >= 11 is 0. The zero-order valence-electron chi connectivity index (χ0n) is 13.3. The van der Waals surface area contributed by atoms with Gasteiger partial charge in [0.25, 0.3) is 5.69 Å². The van der Waals surface area contributed by atoms with Crippen molar-refractivity contribution in [2.45, 2.75) is 13.5 Å². The molecule has 0 radical (unpaired) electrons. The molecule has 0 fully saturated rings. The number of ether oxygens (including phenoxy) is 3. The molecule has 128 valence electrons. The van der Waals surface area contributed by atoms with Gasteiger partial charge in [-0.15, -0.1) is 0 Å². The average molecular weight is 335 g/mol. The number of nitro benzene ring substituents is 1. The molecule has 0 unspecified atom stereocenters. The lowest BCUT2D eigenvalue weighted by atomic mass is 10.1. The topological polar surface area (TPSA) is 106 Å². The van der Waals surface area contributed by atoms with Gasteiger partial charge in [-0.05, 0) is 13.0 Å². The molecule has 0 saturated carbocycles. The second-order valence-electron chi connectivity index (χ2n) is 4.62. The fourth-order valence-corrected chi connectivity index (χ4v) is 2.03. The maximum Gasteiger partial charge on any atom is 0.345 e. The van der Waals surface area contributed by atoms with Crippen molar-refractivity contribution in [3.05, 3.63) is 46.3 Å². The predicted molar refractivity (Wildman–Crippen MR) is 83.3 cm³/mol. The standard InChI is InChI=1S/C15H17N3O6/c1-3-23-14-9-11(12(18(20)21)10-13(14)22-2)15(19)24-8-7-17-6-4-5-16-17/h4-6,9-10H,3,7-8H2,1-2H3. The van der Waals surface area contributed by atoms with Crippen LogP contribution in [0.4, 0.5) is 5.69 Å². The summed E-state index contributed by atoms with van der Waals surface area (Å²) < 4.78 is 17.1. The van der Waals surface area contributed by atoms with Crippen LogP contribution in [0.2, 0.25) is 0 Å². The summed E-state index contributed by atoms with van der Waals surface area (Å²) in [5.74, 6) is -0.390. The molecule has 9 nitrogen and oxygen atoms in total. The number of methoxy groups -OCH3 is 1. The number of hydrogen-bond donors (Lipinski definition) is 0. The Morgan fingerprint density at radius 2 is 2.17 bits per heavy atom. The Morgan fingerprint density at radius 3 is 2.75 bits per heavy atom. The van der Waals surface area contributed by atoms with Gasteiger partial charge in [0.2, 0.25) is 0 Å². The van der Waals surface area contributed by atoms with Crippen molar-refractivity contribution in [1.82, 2.24) is 9.78 Å². The molecule has 1 aromatic carbocycles. The lowest BCUT2D eigenvalue weighted by molar-refractivity contribution is -0.385. The van der Waals surface area contributed by atoms with Crippen molar-refractivity contribution in [3.8, 4) is 11.5 Å². The first-order valence-corrected chi connectivity index (χ1v) is 7.20. The monoisotopic (exact) mass is 335 g/mol. The molecule has 1 heterocycles. The molecule has 0 aliphatic carbocycles. The van der Waals surface area contributed by atoms with E-state index in [9.17, 15) is 14.9 Å². The number of carbonyl (C=O) groups is 1. The molecule has 9 heteroatoms. The largest absolute Gasteiger partial charge is 0.493 e. The van der Waals surface area contributed by atoms with Crippen LogP contribution >= 0.6 is 0 Å². The first-order chi connectivity index (χ1) is 11.6. The van der Waals surface area contributed by atoms with Crippen molar-refractivity contribution in [2.75, 3.05) is 20.3 Å². The van der Waals surface area contributed by atoms with E-state index < -0.39 is 16.6 Å². The summed E-state index contributed by atoms with van der Waals surface area (Å²) in [6, 6.07) is 4.15. The molecular weight excluding hydrogens is 318 g/mol. The van der Waals surface area contributed by atoms with Gasteiger partial charge in [-0.1, -0.05) is 0 Å². The van der Waals surface area contributed by atoms with Gasteiger partial charge in [-0.3, -0.25) is 14.8 Å². The molecule has 0 spiro atoms. The van der Waals surface area contributed by atoms with Crippen LogP contribution in [0.15, 0.2) is 30.6 Å². The average Bonchev–Trinajstić information content (AvgIpc) is 3.07. The Bertz CT molecular complexity index is 714. The SMILES string of the molecule is CCOc1cc(C(=O)OCCn2cccn2)c([N+](=O)[O-])cc1OC. The van der Waals surface area contributed by atoms with Crippen molar-refractivity contribution in [1.29, 1.82) is 0 Å². The molecular formula is C15H17N3O6. The van der Waals surface area contributed by atoms with E-state index in [1.54, 1.807) is 30.1 Å². The van der Waals surface area contributed by atoms with Gasteiger partial charge >= 0.3 is 5.97 Å². The van der Waals surface area contributed by atoms with Crippen LogP contribution in [0, 0.1) is 10.1 Å². The molecule has 0 amide bonds. The molecule has 0 bridgehead atoms. The highest BCUT2D eigenvalue weighted by Crippen LogP contribution is 2.35. The number of hydrogen-bond acceptors (Lipinski definition) is 7. The number of benzene rings is 1. The Hall–Kier alpha value is -3.10. The van der Waals surface area contributed by atoms with Crippen molar-refractivity contribution in [2.24, 2.45) is 0 Å². The number of esters is 1. The molecule has 0 saturated heterocycles. The lowest BCUT2D eigenvalue weighted by Gasteiger charge is -2.11. The minimum absolute atomic E-state index is 0.0354. The van der Waals surface area contributed by atoms with Crippen LogP contribution in [0.3, 0.4) is 0 Å². The van der Waals surface area contributed by atoms with Gasteiger partial charge in [0.15, 0.2) is 11.5 Å². The van der Waals surface area contributed by atoms with Crippen LogP contribution in [0.1, 0.15) is 17.3 Å². The third-order valence-corrected chi connectivity index (χ3v) is 3.11. The first kappa shape index (κ1) is 17.3. The van der Waals surface area contributed by atoms with E-state index >= 15 is 0 Å². The normalized spacial score (nSPS) is 10.2. The van der Waals surface area contributed by atoms with E-state index in [0.29, 0.717) is 13.2 Å². The van der Waals surface area contributed by atoms with Crippen LogP contribution in [0.25, 0.3) is 0 Å². The maximum absolute atomic E-state index is 12.2. The Kier molecular flexibility index (Phi) is 5.72. The summed E-state index contributed by atoms with van der Waals surface area (Å²) in [6.45, 7) is 2.46. The maximum atomic E-state index is 12.2. The van der Waals surface area contributed by atoms with E-state index in [4.69, 9.17) is 14.2 Å². The zero-order valence-corrected chi connectivity index (χ0v) is 13.3. The predicted octanol–water partition coefficient (Wildman–Crippen LogP) is 2.06. The summed E-state index contributed by atoms with van der Waals surface area (Å²) in [7, 11) is 1.36. The van der Waals surface area contributed by atoms with Gasteiger partial charge in [-0.2, -0.15) is 5.10 Å². The fraction of sp³-hybridized carbons (Fsp3) is 0.333. The Labute approximate surface area is 137 Å². The Morgan fingerprint density at radius 1 is 1.38 bits per heavy atom. The molecule has 1 aromatic heterocycles. The van der Waals surface area contributed by atoms with E-state index in [1.807, 2.05) is 0 Å². The number of aromatic nitrogens is 2. The van der Waals surface area contributed by atoms with Crippen LogP contribution in [-0.2, 0) is 11.3 Å². The number of carbonyl (C=O) groups excluding carboxylic acids is 1. The summed E-state index contributed by atoms with van der Waals surface area (Å²) in [4.78, 5) is 22.7. The zero-order chi connectivity index (χ0) is 17.5. The number of rotatable bonds is 8. The number of nitro groups is 1. The van der Waals surface area contributed by atoms with E-state index in [1.165, 1.54) is 13.2 Å². The molecule has 0 atom stereocenters. The second kappa shape index (κ2) is 7.95. The summed E-state index contributed by atoms with van der Waals surface area (Å²) in [6.07, 6.45) is 3.32. The second-order valence-corrected chi connectivity index (χ2v) is 4.62. The highest BCUT2D eigenvalue weighted by atomic mass is 16.6. The van der Waals surface area contributed by atoms with E-state index in [2.05, 4.69) is 5.10 Å². The van der Waals surface area contributed by atoms with Crippen LogP contribution in [0.5, 0.6) is 11.5 Å². The molecule has 2 aromatic rings. The quantitative estimate of drug-likeness (QED) is 0.413. The smallest absolute Gasteiger partial charge is 0.345 e. The van der Waals surface area contributed by atoms with Gasteiger partial charge in [0, 0.05) is 18.5 Å². The van der Waals surface area contributed by atoms with Gasteiger partial charge in [0.1, 0.15) is 12.2 Å². The van der Waals surface area contributed by atoms with Gasteiger partial charge in [-0.25, -0.2) is 4.79 Å². The summed E-state index contributed by atoms with van der Waals surface area (Å²) in [5.41, 5.74) is -0.593. The minimum atomic E-state index is -0.808. The molecule has 0 aliphatic rings. The molecule has 24 heavy (non-hydrogen) atoms. The van der Waals surface area contributed by atoms with E-state index in [-0.39, 0.29) is 23.7 Å². The molecule has 2 rings (SSSR count). The first-order valence-electron chi connectivity index (χ1n) is 7.20. The van der Waals surface area contributed by atoms with Crippen molar-refractivity contribution < 1.29 is 23.9 Å². The fourth-order valence-electron chi connectivity index (χ4n) is 2.03. The summed E-state index contributed by atoms with van der Waals surface area (Å²) in [5, 5.41) is 15.2. The third-order valence-electron chi connectivity index (χ3n) is 3.11. The van der Waals surface area contributed by atoms with Crippen molar-refractivity contribution >= 4 is 11.7 Å². The highest BCUT2D eigenvalue weighted by molar-refractivity contribution is 5.95. The highest BCUT2D eigenvalue weighted by Gasteiger charge is 2.25. The van der Waals surface area contributed by atoms with Crippen molar-refractivity contribution in [3.63, 3.8) is 0 Å². The van der Waals surface area contributed by atoms with Gasteiger partial charge in [0.05, 0.1) is 31.3 Å². The van der Waals surface area contributed by atoms with Crippen LogP contribution < -0.4 is 9.47 Å². The number of nitrogens with zero attached hydrogens (tertiary/aromatic N) is 3. The van der Waals surface area contributed by atoms with Crippen LogP contribution in [-0.4, -0.2) is 41.0 Å². The minimum Gasteiger partial charge on any atom is -0.493 e. The lowest BCUT2D eigenvalue weighted by Crippen LogP contribution is -2.13. The van der Waals surface area contributed by atoms with Gasteiger partial charge < -0.3 is 14.2 Å².